The normalized spacial score (nSPS) is 10.8. The molecule has 7 heteroatoms. The van der Waals surface area contributed by atoms with Crippen LogP contribution in [0.1, 0.15) is 11.1 Å². The molecule has 0 fully saturated rings. The van der Waals surface area contributed by atoms with Crippen molar-refractivity contribution in [3.05, 3.63) is 50.2 Å². The van der Waals surface area contributed by atoms with Crippen LogP contribution in [0.15, 0.2) is 33.4 Å². The second kappa shape index (κ2) is 4.93. The number of aryl methyl sites for hydroxylation is 1. The summed E-state index contributed by atoms with van der Waals surface area (Å²) in [7, 11) is 0. The zero-order valence-electron chi connectivity index (χ0n) is 10.6. The predicted molar refractivity (Wildman–Crippen MR) is 77.0 cm³/mol. The highest BCUT2D eigenvalue weighted by Gasteiger charge is 2.11. The second-order valence-electron chi connectivity index (χ2n) is 4.36. The van der Waals surface area contributed by atoms with E-state index in [0.717, 1.165) is 0 Å². The van der Waals surface area contributed by atoms with Gasteiger partial charge in [-0.25, -0.2) is 0 Å². The van der Waals surface area contributed by atoms with E-state index in [0.29, 0.717) is 23.7 Å². The van der Waals surface area contributed by atoms with Gasteiger partial charge in [-0.2, -0.15) is 16.3 Å². The first-order valence-corrected chi connectivity index (χ1v) is 6.88. The largest absolute Gasteiger partial charge is 0.424 e. The van der Waals surface area contributed by atoms with E-state index < -0.39 is 4.92 Å². The maximum Gasteiger partial charge on any atom is 0.295 e. The molecule has 102 valence electrons. The van der Waals surface area contributed by atoms with Crippen LogP contribution in [0, 0.1) is 17.0 Å². The lowest BCUT2D eigenvalue weighted by Crippen LogP contribution is -1.99. The molecule has 0 aliphatic rings. The van der Waals surface area contributed by atoms with E-state index in [-0.39, 0.29) is 5.69 Å². The van der Waals surface area contributed by atoms with E-state index in [2.05, 4.69) is 21.1 Å². The fourth-order valence-electron chi connectivity index (χ4n) is 1.84. The molecule has 3 aromatic rings. The summed E-state index contributed by atoms with van der Waals surface area (Å²) >= 11 is 1.65. The van der Waals surface area contributed by atoms with E-state index in [1.807, 2.05) is 6.92 Å². The molecule has 0 amide bonds. The fraction of sp³-hybridized carbons (Fsp3) is 0.154. The van der Waals surface area contributed by atoms with Crippen LogP contribution in [0.5, 0.6) is 0 Å². The zero-order valence-corrected chi connectivity index (χ0v) is 11.4. The van der Waals surface area contributed by atoms with Crippen molar-refractivity contribution < 1.29 is 9.34 Å². The number of nitrogens with one attached hydrogen (secondary N) is 1. The summed E-state index contributed by atoms with van der Waals surface area (Å²) < 4.78 is 5.50. The minimum atomic E-state index is -0.448. The SMILES string of the molecule is Cc1cscc1CNc1nc2cc([N+](=O)[O-])ccc2o1. The molecule has 6 nitrogen and oxygen atoms in total. The number of non-ortho nitro benzene ring substituents is 1. The molecule has 1 aromatic carbocycles. The molecule has 0 atom stereocenters. The van der Waals surface area contributed by atoms with Crippen molar-refractivity contribution in [2.24, 2.45) is 0 Å². The van der Waals surface area contributed by atoms with Crippen molar-refractivity contribution in [1.29, 1.82) is 0 Å². The van der Waals surface area contributed by atoms with Gasteiger partial charge in [0.15, 0.2) is 5.58 Å². The van der Waals surface area contributed by atoms with Crippen molar-refractivity contribution in [1.82, 2.24) is 4.98 Å². The highest BCUT2D eigenvalue weighted by molar-refractivity contribution is 7.08. The van der Waals surface area contributed by atoms with Crippen LogP contribution in [-0.4, -0.2) is 9.91 Å². The number of oxazole rings is 1. The average molecular weight is 289 g/mol. The summed E-state index contributed by atoms with van der Waals surface area (Å²) in [5.74, 6) is 0. The van der Waals surface area contributed by atoms with Crippen molar-refractivity contribution in [2.45, 2.75) is 13.5 Å². The van der Waals surface area contributed by atoms with Gasteiger partial charge in [-0.05, 0) is 34.9 Å². The third-order valence-corrected chi connectivity index (χ3v) is 3.88. The summed E-state index contributed by atoms with van der Waals surface area (Å²) in [5, 5.41) is 17.9. The quantitative estimate of drug-likeness (QED) is 0.584. The summed E-state index contributed by atoms with van der Waals surface area (Å²) in [5.41, 5.74) is 3.41. The van der Waals surface area contributed by atoms with E-state index in [9.17, 15) is 10.1 Å². The molecular weight excluding hydrogens is 278 g/mol. The molecule has 3 rings (SSSR count). The van der Waals surface area contributed by atoms with Crippen LogP contribution in [0.4, 0.5) is 11.7 Å². The lowest BCUT2D eigenvalue weighted by molar-refractivity contribution is -0.384. The molecular formula is C13H11N3O3S. The summed E-state index contributed by atoms with van der Waals surface area (Å²) in [6.07, 6.45) is 0. The summed E-state index contributed by atoms with van der Waals surface area (Å²) in [4.78, 5) is 14.5. The van der Waals surface area contributed by atoms with Crippen LogP contribution >= 0.6 is 11.3 Å². The topological polar surface area (TPSA) is 81.2 Å². The number of benzene rings is 1. The number of anilines is 1. The number of thiophene rings is 1. The minimum Gasteiger partial charge on any atom is -0.424 e. The Kier molecular flexibility index (Phi) is 3.11. The third-order valence-electron chi connectivity index (χ3n) is 2.97. The molecule has 2 heterocycles. The van der Waals surface area contributed by atoms with E-state index in [4.69, 9.17) is 4.42 Å². The van der Waals surface area contributed by atoms with Crippen molar-refractivity contribution in [2.75, 3.05) is 5.32 Å². The maximum atomic E-state index is 10.7. The number of hydrogen-bond donors (Lipinski definition) is 1. The van der Waals surface area contributed by atoms with Gasteiger partial charge in [0.2, 0.25) is 0 Å². The van der Waals surface area contributed by atoms with Crippen molar-refractivity contribution >= 4 is 34.1 Å². The molecule has 0 aliphatic heterocycles. The zero-order chi connectivity index (χ0) is 14.1. The number of aromatic nitrogens is 1. The number of rotatable bonds is 4. The Hall–Kier alpha value is -2.41. The molecule has 0 aliphatic carbocycles. The number of nitrogens with zero attached hydrogens (tertiary/aromatic N) is 2. The Morgan fingerprint density at radius 3 is 3.00 bits per heavy atom. The number of nitro benzene ring substituents is 1. The van der Waals surface area contributed by atoms with Gasteiger partial charge >= 0.3 is 0 Å². The average Bonchev–Trinajstić information content (AvgIpc) is 3.00. The van der Waals surface area contributed by atoms with Crippen LogP contribution in [-0.2, 0) is 6.54 Å². The molecule has 2 aromatic heterocycles. The Morgan fingerprint density at radius 2 is 2.30 bits per heavy atom. The second-order valence-corrected chi connectivity index (χ2v) is 5.11. The number of nitro groups is 1. The molecule has 0 bridgehead atoms. The molecule has 1 N–H and O–H groups in total. The van der Waals surface area contributed by atoms with Gasteiger partial charge in [0.25, 0.3) is 11.7 Å². The Bertz CT molecular complexity index is 778. The number of hydrogen-bond acceptors (Lipinski definition) is 6. The van der Waals surface area contributed by atoms with Crippen molar-refractivity contribution in [3.8, 4) is 0 Å². The van der Waals surface area contributed by atoms with E-state index in [1.54, 1.807) is 17.4 Å². The summed E-state index contributed by atoms with van der Waals surface area (Å²) in [6.45, 7) is 2.66. The monoisotopic (exact) mass is 289 g/mol. The van der Waals surface area contributed by atoms with Crippen LogP contribution < -0.4 is 5.32 Å². The summed E-state index contributed by atoms with van der Waals surface area (Å²) in [6, 6.07) is 4.73. The van der Waals surface area contributed by atoms with Gasteiger partial charge < -0.3 is 9.73 Å². The maximum absolute atomic E-state index is 10.7. The van der Waals surface area contributed by atoms with Gasteiger partial charge in [0.05, 0.1) is 4.92 Å². The van der Waals surface area contributed by atoms with Gasteiger partial charge in [0.1, 0.15) is 5.52 Å². The minimum absolute atomic E-state index is 0.00558. The lowest BCUT2D eigenvalue weighted by atomic mass is 10.2. The van der Waals surface area contributed by atoms with E-state index >= 15 is 0 Å². The molecule has 20 heavy (non-hydrogen) atoms. The molecule has 0 radical (unpaired) electrons. The van der Waals surface area contributed by atoms with Gasteiger partial charge in [0, 0.05) is 18.7 Å². The first-order valence-electron chi connectivity index (χ1n) is 5.94. The van der Waals surface area contributed by atoms with Crippen molar-refractivity contribution in [3.63, 3.8) is 0 Å². The lowest BCUT2D eigenvalue weighted by Gasteiger charge is -2.00. The molecule has 0 saturated heterocycles. The predicted octanol–water partition coefficient (Wildman–Crippen LogP) is 3.72. The highest BCUT2D eigenvalue weighted by atomic mass is 32.1. The third kappa shape index (κ3) is 2.35. The molecule has 0 spiro atoms. The van der Waals surface area contributed by atoms with Gasteiger partial charge in [-0.3, -0.25) is 10.1 Å². The van der Waals surface area contributed by atoms with E-state index in [1.165, 1.54) is 23.3 Å². The highest BCUT2D eigenvalue weighted by Crippen LogP contribution is 2.24. The first-order chi connectivity index (χ1) is 9.63. The van der Waals surface area contributed by atoms with Crippen LogP contribution in [0.25, 0.3) is 11.1 Å². The Morgan fingerprint density at radius 1 is 1.45 bits per heavy atom. The van der Waals surface area contributed by atoms with Crippen LogP contribution in [0.2, 0.25) is 0 Å². The Labute approximate surface area is 118 Å². The van der Waals surface area contributed by atoms with Gasteiger partial charge in [-0.15, -0.1) is 0 Å². The first kappa shape index (κ1) is 12.6. The Balaban J connectivity index is 1.82. The number of fused-ring (bicyclic) bond motifs is 1. The molecule has 0 saturated carbocycles. The molecule has 0 unspecified atom stereocenters. The van der Waals surface area contributed by atoms with Gasteiger partial charge in [-0.1, -0.05) is 0 Å². The smallest absolute Gasteiger partial charge is 0.295 e. The fourth-order valence-corrected chi connectivity index (χ4v) is 2.70. The van der Waals surface area contributed by atoms with Crippen LogP contribution in [0.3, 0.4) is 0 Å². The standard InChI is InChI=1S/C13H11N3O3S/c1-8-6-20-7-9(8)5-14-13-15-11-4-10(16(17)18)2-3-12(11)19-13/h2-4,6-7H,5H2,1H3,(H,14,15).